The number of nitrogens with one attached hydrogen (secondary N) is 2. The van der Waals surface area contributed by atoms with Crippen LogP contribution in [0.3, 0.4) is 0 Å². The van der Waals surface area contributed by atoms with Gasteiger partial charge < -0.3 is 10.6 Å². The maximum atomic E-state index is 13.2. The number of alkyl halides is 3. The fraction of sp³-hybridized carbons (Fsp3) is 0.130. The molecule has 3 aromatic rings. The van der Waals surface area contributed by atoms with Crippen molar-refractivity contribution in [2.75, 3.05) is 10.6 Å². The molecule has 0 spiro atoms. The molecule has 0 saturated carbocycles. The van der Waals surface area contributed by atoms with Gasteiger partial charge >= 0.3 is 6.18 Å². The first-order chi connectivity index (χ1) is 15.5. The number of halogens is 5. The van der Waals surface area contributed by atoms with E-state index in [4.69, 9.17) is 11.6 Å². The fourth-order valence-corrected chi connectivity index (χ4v) is 3.81. The first-order valence-corrected chi connectivity index (χ1v) is 10.8. The highest BCUT2D eigenvalue weighted by Crippen LogP contribution is 2.37. The third-order valence-electron chi connectivity index (χ3n) is 4.45. The number of rotatable bonds is 6. The van der Waals surface area contributed by atoms with Crippen LogP contribution in [0, 0.1) is 5.82 Å². The maximum Gasteiger partial charge on any atom is 0.418 e. The van der Waals surface area contributed by atoms with E-state index in [1.165, 1.54) is 30.3 Å². The molecule has 10 heteroatoms. The highest BCUT2D eigenvalue weighted by molar-refractivity contribution is 8.00. The van der Waals surface area contributed by atoms with Gasteiger partial charge in [-0.05, 0) is 73.7 Å². The van der Waals surface area contributed by atoms with Crippen LogP contribution in [0.4, 0.5) is 28.9 Å². The molecule has 0 heterocycles. The van der Waals surface area contributed by atoms with Gasteiger partial charge in [-0.3, -0.25) is 9.59 Å². The molecular formula is C23H17ClF4N2O2S. The van der Waals surface area contributed by atoms with E-state index in [2.05, 4.69) is 10.6 Å². The van der Waals surface area contributed by atoms with Crippen LogP contribution >= 0.6 is 23.4 Å². The molecule has 0 saturated heterocycles. The predicted molar refractivity (Wildman–Crippen MR) is 121 cm³/mol. The summed E-state index contributed by atoms with van der Waals surface area (Å²) in [6.45, 7) is 1.56. The summed E-state index contributed by atoms with van der Waals surface area (Å²) in [6, 6.07) is 14.8. The molecule has 3 aromatic carbocycles. The average molecular weight is 497 g/mol. The summed E-state index contributed by atoms with van der Waals surface area (Å²) in [6.07, 6.45) is -4.67. The van der Waals surface area contributed by atoms with E-state index in [1.807, 2.05) is 0 Å². The maximum absolute atomic E-state index is 13.2. The Balaban J connectivity index is 1.61. The number of hydrogen-bond acceptors (Lipinski definition) is 3. The summed E-state index contributed by atoms with van der Waals surface area (Å²) in [5, 5.41) is 4.18. The number of thioether (sulfide) groups is 1. The molecule has 0 fully saturated rings. The molecule has 4 nitrogen and oxygen atoms in total. The van der Waals surface area contributed by atoms with E-state index in [-0.39, 0.29) is 10.7 Å². The Bertz CT molecular complexity index is 1150. The zero-order valence-corrected chi connectivity index (χ0v) is 18.6. The Morgan fingerprint density at radius 2 is 1.58 bits per heavy atom. The van der Waals surface area contributed by atoms with Crippen molar-refractivity contribution < 1.29 is 27.2 Å². The highest BCUT2D eigenvalue weighted by atomic mass is 35.5. The molecule has 0 bridgehead atoms. The van der Waals surface area contributed by atoms with Crippen LogP contribution in [0.15, 0.2) is 71.6 Å². The van der Waals surface area contributed by atoms with Gasteiger partial charge in [-0.2, -0.15) is 13.2 Å². The van der Waals surface area contributed by atoms with Gasteiger partial charge in [0.25, 0.3) is 5.91 Å². The second-order valence-electron chi connectivity index (χ2n) is 6.92. The molecular weight excluding hydrogens is 480 g/mol. The minimum atomic E-state index is -4.67. The van der Waals surface area contributed by atoms with Crippen LogP contribution in [0.2, 0.25) is 5.02 Å². The van der Waals surface area contributed by atoms with Gasteiger partial charge in [0.15, 0.2) is 0 Å². The van der Waals surface area contributed by atoms with Crippen molar-refractivity contribution in [1.29, 1.82) is 0 Å². The lowest BCUT2D eigenvalue weighted by Gasteiger charge is -2.17. The van der Waals surface area contributed by atoms with Crippen molar-refractivity contribution in [3.05, 3.63) is 88.7 Å². The molecule has 0 radical (unpaired) electrons. The van der Waals surface area contributed by atoms with E-state index < -0.39 is 34.6 Å². The second kappa shape index (κ2) is 10.3. The normalized spacial score (nSPS) is 12.2. The number of anilines is 2. The van der Waals surface area contributed by atoms with Gasteiger partial charge in [-0.1, -0.05) is 11.6 Å². The van der Waals surface area contributed by atoms with E-state index >= 15 is 0 Å². The van der Waals surface area contributed by atoms with Gasteiger partial charge in [0.05, 0.1) is 16.5 Å². The van der Waals surface area contributed by atoms with E-state index in [1.54, 1.807) is 31.2 Å². The van der Waals surface area contributed by atoms with E-state index in [9.17, 15) is 27.2 Å². The lowest BCUT2D eigenvalue weighted by molar-refractivity contribution is -0.137. The van der Waals surface area contributed by atoms with Crippen molar-refractivity contribution in [3.8, 4) is 0 Å². The Kier molecular flexibility index (Phi) is 7.65. The number of benzene rings is 3. The van der Waals surface area contributed by atoms with Crippen molar-refractivity contribution in [2.24, 2.45) is 0 Å². The smallest absolute Gasteiger partial charge is 0.325 e. The molecule has 172 valence electrons. The molecule has 0 aliphatic heterocycles. The van der Waals surface area contributed by atoms with Gasteiger partial charge in [0, 0.05) is 21.2 Å². The van der Waals surface area contributed by atoms with Gasteiger partial charge in [0.1, 0.15) is 5.82 Å². The molecule has 2 N–H and O–H groups in total. The van der Waals surface area contributed by atoms with Crippen LogP contribution in [-0.2, 0) is 11.0 Å². The monoisotopic (exact) mass is 496 g/mol. The van der Waals surface area contributed by atoms with Crippen molar-refractivity contribution in [1.82, 2.24) is 0 Å². The second-order valence-corrected chi connectivity index (χ2v) is 8.77. The molecule has 0 aliphatic carbocycles. The van der Waals surface area contributed by atoms with Crippen LogP contribution in [0.25, 0.3) is 0 Å². The van der Waals surface area contributed by atoms with E-state index in [0.29, 0.717) is 16.1 Å². The van der Waals surface area contributed by atoms with Crippen LogP contribution in [0.1, 0.15) is 22.8 Å². The standard InChI is InChI=1S/C23H17ClF4N2O2S/c1-13(21(31)30-20-11-4-15(24)12-19(20)23(26,27)28)33-18-9-7-17(8-10-18)29-22(32)14-2-5-16(25)6-3-14/h2-13H,1H3,(H,29,32)(H,30,31). The van der Waals surface area contributed by atoms with Crippen molar-refractivity contribution in [2.45, 2.75) is 23.2 Å². The SMILES string of the molecule is CC(Sc1ccc(NC(=O)c2ccc(F)cc2)cc1)C(=O)Nc1ccc(Cl)cc1C(F)(F)F. The third-order valence-corrected chi connectivity index (χ3v) is 5.79. The topological polar surface area (TPSA) is 58.2 Å². The Hall–Kier alpha value is -3.04. The third kappa shape index (κ3) is 6.72. The summed E-state index contributed by atoms with van der Waals surface area (Å²) >= 11 is 6.80. The van der Waals surface area contributed by atoms with E-state index in [0.717, 1.165) is 23.9 Å². The summed E-state index contributed by atoms with van der Waals surface area (Å²) in [7, 11) is 0. The minimum absolute atomic E-state index is 0.0886. The fourth-order valence-electron chi connectivity index (χ4n) is 2.77. The number of amides is 2. The predicted octanol–water partition coefficient (Wildman–Crippen LogP) is 6.87. The van der Waals surface area contributed by atoms with Gasteiger partial charge in [-0.25, -0.2) is 4.39 Å². The zero-order chi connectivity index (χ0) is 24.2. The molecule has 1 atom stereocenters. The van der Waals surface area contributed by atoms with Gasteiger partial charge in [-0.15, -0.1) is 11.8 Å². The molecule has 0 aromatic heterocycles. The lowest BCUT2D eigenvalue weighted by atomic mass is 10.1. The molecule has 0 aliphatic rings. The Morgan fingerprint density at radius 3 is 2.18 bits per heavy atom. The highest BCUT2D eigenvalue weighted by Gasteiger charge is 2.34. The van der Waals surface area contributed by atoms with Crippen LogP contribution < -0.4 is 10.6 Å². The molecule has 3 rings (SSSR count). The number of carbonyl (C=O) groups is 2. The Labute approximate surface area is 196 Å². The summed E-state index contributed by atoms with van der Waals surface area (Å²) in [5.41, 5.74) is -0.618. The summed E-state index contributed by atoms with van der Waals surface area (Å²) in [4.78, 5) is 25.3. The molecule has 2 amide bonds. The quantitative estimate of drug-likeness (QED) is 0.289. The number of carbonyl (C=O) groups excluding carboxylic acids is 2. The molecule has 1 unspecified atom stereocenters. The summed E-state index contributed by atoms with van der Waals surface area (Å²) < 4.78 is 52.6. The first-order valence-electron chi connectivity index (χ1n) is 9.54. The summed E-state index contributed by atoms with van der Waals surface area (Å²) in [5.74, 6) is -1.47. The first kappa shape index (κ1) is 24.6. The van der Waals surface area contributed by atoms with Crippen LogP contribution in [0.5, 0.6) is 0 Å². The van der Waals surface area contributed by atoms with Gasteiger partial charge in [0.2, 0.25) is 5.91 Å². The lowest BCUT2D eigenvalue weighted by Crippen LogP contribution is -2.24. The minimum Gasteiger partial charge on any atom is -0.325 e. The average Bonchev–Trinajstić information content (AvgIpc) is 2.76. The Morgan fingerprint density at radius 1 is 0.939 bits per heavy atom. The number of hydrogen-bond donors (Lipinski definition) is 2. The zero-order valence-electron chi connectivity index (χ0n) is 17.0. The molecule has 33 heavy (non-hydrogen) atoms. The van der Waals surface area contributed by atoms with Crippen LogP contribution in [-0.4, -0.2) is 17.1 Å². The van der Waals surface area contributed by atoms with Crippen molar-refractivity contribution >= 4 is 46.6 Å². The van der Waals surface area contributed by atoms with Crippen molar-refractivity contribution in [3.63, 3.8) is 0 Å². The largest absolute Gasteiger partial charge is 0.418 e.